The molecule has 4 rings (SSSR count). The SMILES string of the molecule is CC(=O)[C@H]1CCC2C3CCC4=CC(=O)CC[C@]4(C)C3[C@@](C)(O)C[C@@]21C. The predicted octanol–water partition coefficient (Wildman–Crippen LogP) is 4.08. The summed E-state index contributed by atoms with van der Waals surface area (Å²) in [6.45, 7) is 8.29. The van der Waals surface area contributed by atoms with Crippen molar-refractivity contribution in [2.24, 2.45) is 34.5 Å². The van der Waals surface area contributed by atoms with Crippen LogP contribution in [0.3, 0.4) is 0 Å². The Bertz CT molecular complexity index is 660. The topological polar surface area (TPSA) is 54.4 Å². The van der Waals surface area contributed by atoms with E-state index in [9.17, 15) is 14.7 Å². The molecule has 3 fully saturated rings. The van der Waals surface area contributed by atoms with Gasteiger partial charge in [-0.1, -0.05) is 19.4 Å². The van der Waals surface area contributed by atoms with Crippen LogP contribution in [0, 0.1) is 34.5 Å². The molecule has 3 nitrogen and oxygen atoms in total. The molecule has 0 amide bonds. The predicted molar refractivity (Wildman–Crippen MR) is 96.9 cm³/mol. The molecule has 3 saturated carbocycles. The second kappa shape index (κ2) is 5.28. The molecule has 0 saturated heterocycles. The van der Waals surface area contributed by atoms with Crippen LogP contribution < -0.4 is 0 Å². The van der Waals surface area contributed by atoms with Crippen LogP contribution in [0.2, 0.25) is 0 Å². The first-order valence-corrected chi connectivity index (χ1v) is 10.1. The minimum absolute atomic E-state index is 0.0596. The smallest absolute Gasteiger partial charge is 0.155 e. The highest BCUT2D eigenvalue weighted by atomic mass is 16.3. The number of hydrogen-bond acceptors (Lipinski definition) is 3. The van der Waals surface area contributed by atoms with Gasteiger partial charge in [-0.3, -0.25) is 9.59 Å². The highest BCUT2D eigenvalue weighted by Gasteiger charge is 2.65. The number of rotatable bonds is 1. The Morgan fingerprint density at radius 1 is 1.16 bits per heavy atom. The number of Topliss-reactive ketones (excluding diaryl/α,β-unsaturated/α-hetero) is 1. The molecule has 4 aliphatic rings. The zero-order valence-electron chi connectivity index (χ0n) is 16.1. The number of ketones is 2. The van der Waals surface area contributed by atoms with Crippen LogP contribution in [-0.2, 0) is 9.59 Å². The lowest BCUT2D eigenvalue weighted by molar-refractivity contribution is -0.183. The third-order valence-corrected chi connectivity index (χ3v) is 8.65. The lowest BCUT2D eigenvalue weighted by Gasteiger charge is -2.63. The molecular formula is C22H32O3. The molecule has 0 heterocycles. The fourth-order valence-electron chi connectivity index (χ4n) is 8.00. The number of carbonyl (C=O) groups excluding carboxylic acids is 2. The summed E-state index contributed by atoms with van der Waals surface area (Å²) in [6.07, 6.45) is 8.21. The van der Waals surface area contributed by atoms with E-state index >= 15 is 0 Å². The third kappa shape index (κ3) is 2.27. The van der Waals surface area contributed by atoms with Crippen LogP contribution in [0.1, 0.15) is 72.6 Å². The van der Waals surface area contributed by atoms with Gasteiger partial charge in [0.05, 0.1) is 5.60 Å². The van der Waals surface area contributed by atoms with Gasteiger partial charge in [-0.2, -0.15) is 0 Å². The Morgan fingerprint density at radius 3 is 2.56 bits per heavy atom. The maximum atomic E-state index is 12.3. The van der Waals surface area contributed by atoms with E-state index in [4.69, 9.17) is 0 Å². The summed E-state index contributed by atoms with van der Waals surface area (Å²) in [6, 6.07) is 0. The summed E-state index contributed by atoms with van der Waals surface area (Å²) in [5, 5.41) is 11.6. The van der Waals surface area contributed by atoms with E-state index < -0.39 is 5.60 Å². The van der Waals surface area contributed by atoms with Gasteiger partial charge in [0.2, 0.25) is 0 Å². The zero-order valence-corrected chi connectivity index (χ0v) is 16.1. The number of fused-ring (bicyclic) bond motifs is 5. The highest BCUT2D eigenvalue weighted by Crippen LogP contribution is 2.69. The minimum atomic E-state index is -0.775. The van der Waals surface area contributed by atoms with Crippen LogP contribution in [-0.4, -0.2) is 22.3 Å². The summed E-state index contributed by atoms with van der Waals surface area (Å²) in [7, 11) is 0. The normalized spacial score (nSPS) is 52.0. The van der Waals surface area contributed by atoms with Gasteiger partial charge < -0.3 is 5.11 Å². The van der Waals surface area contributed by atoms with Gasteiger partial charge in [0.1, 0.15) is 5.78 Å². The molecular weight excluding hydrogens is 312 g/mol. The van der Waals surface area contributed by atoms with Crippen molar-refractivity contribution >= 4 is 11.6 Å². The lowest BCUT2D eigenvalue weighted by atomic mass is 9.43. The molecule has 4 aliphatic carbocycles. The Labute approximate surface area is 151 Å². The Morgan fingerprint density at radius 2 is 1.88 bits per heavy atom. The van der Waals surface area contributed by atoms with Gasteiger partial charge in [-0.15, -0.1) is 0 Å². The fraction of sp³-hybridized carbons (Fsp3) is 0.818. The van der Waals surface area contributed by atoms with Crippen molar-refractivity contribution in [2.75, 3.05) is 0 Å². The van der Waals surface area contributed by atoms with Crippen molar-refractivity contribution in [1.29, 1.82) is 0 Å². The molecule has 3 unspecified atom stereocenters. The molecule has 0 spiro atoms. The summed E-state index contributed by atoms with van der Waals surface area (Å²) in [5.74, 6) is 1.85. The molecule has 0 radical (unpaired) electrons. The van der Waals surface area contributed by atoms with Crippen LogP contribution in [0.4, 0.5) is 0 Å². The number of hydrogen-bond donors (Lipinski definition) is 1. The number of carbonyl (C=O) groups is 2. The van der Waals surface area contributed by atoms with Crippen molar-refractivity contribution in [3.8, 4) is 0 Å². The molecule has 0 aliphatic heterocycles. The summed E-state index contributed by atoms with van der Waals surface area (Å²) >= 11 is 0. The highest BCUT2D eigenvalue weighted by molar-refractivity contribution is 5.91. The maximum Gasteiger partial charge on any atom is 0.155 e. The Kier molecular flexibility index (Phi) is 3.69. The van der Waals surface area contributed by atoms with Crippen molar-refractivity contribution in [3.05, 3.63) is 11.6 Å². The van der Waals surface area contributed by atoms with Crippen LogP contribution in [0.25, 0.3) is 0 Å². The molecule has 0 bridgehead atoms. The maximum absolute atomic E-state index is 12.3. The molecule has 138 valence electrons. The summed E-state index contributed by atoms with van der Waals surface area (Å²) < 4.78 is 0. The molecule has 25 heavy (non-hydrogen) atoms. The number of aliphatic hydroxyl groups is 1. The lowest BCUT2D eigenvalue weighted by Crippen LogP contribution is -2.61. The van der Waals surface area contributed by atoms with Gasteiger partial charge in [0.15, 0.2) is 5.78 Å². The van der Waals surface area contributed by atoms with E-state index in [1.54, 1.807) is 6.92 Å². The average Bonchev–Trinajstić information content (AvgIpc) is 2.83. The second-order valence-corrected chi connectivity index (χ2v) is 10.1. The number of allylic oxidation sites excluding steroid dienone is 1. The first-order chi connectivity index (χ1) is 11.6. The van der Waals surface area contributed by atoms with Gasteiger partial charge >= 0.3 is 0 Å². The van der Waals surface area contributed by atoms with Gasteiger partial charge in [0.25, 0.3) is 0 Å². The van der Waals surface area contributed by atoms with Crippen molar-refractivity contribution in [2.45, 2.75) is 78.2 Å². The van der Waals surface area contributed by atoms with E-state index in [1.165, 1.54) is 5.57 Å². The first kappa shape index (κ1) is 17.5. The van der Waals surface area contributed by atoms with Gasteiger partial charge in [0, 0.05) is 12.3 Å². The molecule has 3 heteroatoms. The van der Waals surface area contributed by atoms with E-state index in [-0.39, 0.29) is 28.4 Å². The largest absolute Gasteiger partial charge is 0.390 e. The second-order valence-electron chi connectivity index (χ2n) is 10.1. The van der Waals surface area contributed by atoms with Crippen LogP contribution >= 0.6 is 0 Å². The quantitative estimate of drug-likeness (QED) is 0.779. The minimum Gasteiger partial charge on any atom is -0.390 e. The summed E-state index contributed by atoms with van der Waals surface area (Å²) in [4.78, 5) is 24.2. The van der Waals surface area contributed by atoms with Crippen molar-refractivity contribution in [1.82, 2.24) is 0 Å². The van der Waals surface area contributed by atoms with Crippen molar-refractivity contribution in [3.63, 3.8) is 0 Å². The van der Waals surface area contributed by atoms with Crippen LogP contribution in [0.5, 0.6) is 0 Å². The van der Waals surface area contributed by atoms with Crippen LogP contribution in [0.15, 0.2) is 11.6 Å². The van der Waals surface area contributed by atoms with Gasteiger partial charge in [-0.25, -0.2) is 0 Å². The van der Waals surface area contributed by atoms with E-state index in [0.29, 0.717) is 30.5 Å². The summed E-state index contributed by atoms with van der Waals surface area (Å²) in [5.41, 5.74) is 0.368. The van der Waals surface area contributed by atoms with Crippen molar-refractivity contribution < 1.29 is 14.7 Å². The van der Waals surface area contributed by atoms with Gasteiger partial charge in [-0.05, 0) is 87.0 Å². The average molecular weight is 344 g/mol. The third-order valence-electron chi connectivity index (χ3n) is 8.65. The molecule has 0 aromatic heterocycles. The zero-order chi connectivity index (χ0) is 18.2. The van der Waals surface area contributed by atoms with E-state index in [1.807, 2.05) is 13.0 Å². The van der Waals surface area contributed by atoms with E-state index in [0.717, 1.165) is 32.1 Å². The Balaban J connectivity index is 1.78. The molecule has 0 aromatic carbocycles. The Hall–Kier alpha value is -0.960. The monoisotopic (exact) mass is 344 g/mol. The molecule has 7 atom stereocenters. The molecule has 1 N–H and O–H groups in total. The first-order valence-electron chi connectivity index (χ1n) is 10.1. The fourth-order valence-corrected chi connectivity index (χ4v) is 8.00. The standard InChI is InChI=1S/C22H32O3/c1-13(23)17-7-8-18-16-6-5-14-11-15(24)9-10-20(14,2)19(16)22(4,25)12-21(17,18)3/h11,16-19,25H,5-10,12H2,1-4H3/t16?,17-,18?,19?,20+,21-,22+/m1/s1. The van der Waals surface area contributed by atoms with E-state index in [2.05, 4.69) is 13.8 Å². The molecule has 0 aromatic rings.